The highest BCUT2D eigenvalue weighted by Gasteiger charge is 2.24. The van der Waals surface area contributed by atoms with Crippen LogP contribution in [0.3, 0.4) is 0 Å². The maximum absolute atomic E-state index is 14.8. The van der Waals surface area contributed by atoms with E-state index in [1.165, 1.54) is 0 Å². The molecule has 2 amide bonds. The number of hydrogen-bond donors (Lipinski definition) is 5. The highest BCUT2D eigenvalue weighted by molar-refractivity contribution is 5.99. The molecule has 10 nitrogen and oxygen atoms in total. The van der Waals surface area contributed by atoms with E-state index in [1.54, 1.807) is 30.6 Å². The third-order valence-corrected chi connectivity index (χ3v) is 6.33. The number of nitrogens with two attached hydrogens (primary N) is 2. The van der Waals surface area contributed by atoms with Crippen molar-refractivity contribution in [3.8, 4) is 16.9 Å². The Morgan fingerprint density at radius 1 is 1.11 bits per heavy atom. The van der Waals surface area contributed by atoms with Crippen molar-refractivity contribution in [2.45, 2.75) is 37.8 Å². The average molecular weight is 492 g/mol. The number of primary amides is 1. The smallest absolute Gasteiger partial charge is 0.262 e. The van der Waals surface area contributed by atoms with E-state index in [1.807, 2.05) is 6.07 Å². The van der Waals surface area contributed by atoms with Crippen LogP contribution >= 0.6 is 0 Å². The number of carbonyl (C=O) groups excluding carboxylic acids is 2. The van der Waals surface area contributed by atoms with Crippen molar-refractivity contribution in [3.05, 3.63) is 54.1 Å². The summed E-state index contributed by atoms with van der Waals surface area (Å²) in [6, 6.07) is 8.03. The SMILES string of the molecule is NC(=O)c1cc(F)c(NC2CCCCC2N)nc1Nc1cncc(-c2ccc3c(c2)NC(=O)CO3)c1. The number of carbonyl (C=O) groups is 2. The van der Waals surface area contributed by atoms with Crippen molar-refractivity contribution < 1.29 is 18.7 Å². The average Bonchev–Trinajstić information content (AvgIpc) is 2.86. The van der Waals surface area contributed by atoms with Gasteiger partial charge in [0.15, 0.2) is 18.2 Å². The number of aromatic nitrogens is 2. The zero-order valence-corrected chi connectivity index (χ0v) is 19.4. The fourth-order valence-corrected chi connectivity index (χ4v) is 4.45. The molecule has 1 aliphatic heterocycles. The normalized spacial score (nSPS) is 19.0. The fraction of sp³-hybridized carbons (Fsp3) is 0.280. The van der Waals surface area contributed by atoms with Gasteiger partial charge in [0.1, 0.15) is 11.6 Å². The molecule has 0 spiro atoms. The third-order valence-electron chi connectivity index (χ3n) is 6.33. The van der Waals surface area contributed by atoms with Crippen molar-refractivity contribution >= 4 is 34.8 Å². The number of amides is 2. The van der Waals surface area contributed by atoms with Crippen LogP contribution in [0.15, 0.2) is 42.7 Å². The first-order chi connectivity index (χ1) is 17.4. The number of rotatable bonds is 6. The van der Waals surface area contributed by atoms with E-state index >= 15 is 0 Å². The van der Waals surface area contributed by atoms with E-state index in [0.717, 1.165) is 42.9 Å². The van der Waals surface area contributed by atoms with Crippen LogP contribution in [0.1, 0.15) is 36.0 Å². The molecule has 36 heavy (non-hydrogen) atoms. The number of nitrogens with zero attached hydrogens (tertiary/aromatic N) is 2. The summed E-state index contributed by atoms with van der Waals surface area (Å²) < 4.78 is 20.2. The van der Waals surface area contributed by atoms with Crippen molar-refractivity contribution in [1.29, 1.82) is 0 Å². The largest absolute Gasteiger partial charge is 0.482 e. The van der Waals surface area contributed by atoms with E-state index in [2.05, 4.69) is 25.9 Å². The molecule has 11 heteroatoms. The predicted molar refractivity (Wildman–Crippen MR) is 134 cm³/mol. The van der Waals surface area contributed by atoms with Crippen LogP contribution in [0.5, 0.6) is 5.75 Å². The lowest BCUT2D eigenvalue weighted by Crippen LogP contribution is -2.43. The minimum atomic E-state index is -0.820. The van der Waals surface area contributed by atoms with Gasteiger partial charge in [-0.05, 0) is 42.7 Å². The van der Waals surface area contributed by atoms with Crippen LogP contribution in [0.25, 0.3) is 11.1 Å². The van der Waals surface area contributed by atoms with E-state index in [4.69, 9.17) is 16.2 Å². The van der Waals surface area contributed by atoms with Gasteiger partial charge in [0.25, 0.3) is 11.8 Å². The number of hydrogen-bond acceptors (Lipinski definition) is 8. The molecular formula is C25H26FN7O3. The summed E-state index contributed by atoms with van der Waals surface area (Å²) in [5.41, 5.74) is 14.2. The van der Waals surface area contributed by atoms with Gasteiger partial charge in [0, 0.05) is 23.8 Å². The Morgan fingerprint density at radius 3 is 2.75 bits per heavy atom. The molecule has 7 N–H and O–H groups in total. The first-order valence-electron chi connectivity index (χ1n) is 11.7. The molecule has 1 fully saturated rings. The Morgan fingerprint density at radius 2 is 1.94 bits per heavy atom. The Kier molecular flexibility index (Phi) is 6.38. The quantitative estimate of drug-likeness (QED) is 0.352. The summed E-state index contributed by atoms with van der Waals surface area (Å²) in [5, 5.41) is 8.92. The van der Waals surface area contributed by atoms with Gasteiger partial charge in [0.05, 0.1) is 23.1 Å². The Balaban J connectivity index is 1.43. The first-order valence-corrected chi connectivity index (χ1v) is 11.7. The van der Waals surface area contributed by atoms with Crippen molar-refractivity contribution in [3.63, 3.8) is 0 Å². The van der Waals surface area contributed by atoms with Crippen molar-refractivity contribution in [1.82, 2.24) is 9.97 Å². The summed E-state index contributed by atoms with van der Waals surface area (Å²) in [4.78, 5) is 32.3. The second kappa shape index (κ2) is 9.78. The van der Waals surface area contributed by atoms with Gasteiger partial charge in [-0.25, -0.2) is 9.37 Å². The van der Waals surface area contributed by atoms with Crippen molar-refractivity contribution in [2.24, 2.45) is 11.5 Å². The molecule has 2 aliphatic rings. The van der Waals surface area contributed by atoms with Gasteiger partial charge in [-0.15, -0.1) is 0 Å². The van der Waals surface area contributed by atoms with E-state index in [0.29, 0.717) is 17.1 Å². The summed E-state index contributed by atoms with van der Waals surface area (Å²) in [6.07, 6.45) is 6.89. The summed E-state index contributed by atoms with van der Waals surface area (Å²) in [7, 11) is 0. The van der Waals surface area contributed by atoms with Gasteiger partial charge in [-0.1, -0.05) is 18.9 Å². The van der Waals surface area contributed by atoms with Crippen LogP contribution in [-0.2, 0) is 4.79 Å². The Bertz CT molecular complexity index is 1330. The minimum Gasteiger partial charge on any atom is -0.482 e. The third kappa shape index (κ3) is 4.91. The number of ether oxygens (including phenoxy) is 1. The van der Waals surface area contributed by atoms with Crippen LogP contribution < -0.4 is 32.2 Å². The zero-order chi connectivity index (χ0) is 25.2. The first kappa shape index (κ1) is 23.5. The maximum atomic E-state index is 14.8. The van der Waals surface area contributed by atoms with Crippen LogP contribution in [0.4, 0.5) is 27.4 Å². The second-order valence-corrected chi connectivity index (χ2v) is 8.91. The predicted octanol–water partition coefficient (Wildman–Crippen LogP) is 3.14. The minimum absolute atomic E-state index is 0.000562. The lowest BCUT2D eigenvalue weighted by molar-refractivity contribution is -0.118. The molecular weight excluding hydrogens is 465 g/mol. The lowest BCUT2D eigenvalue weighted by atomic mass is 9.91. The van der Waals surface area contributed by atoms with Crippen molar-refractivity contribution in [2.75, 3.05) is 22.6 Å². The molecule has 1 aliphatic carbocycles. The van der Waals surface area contributed by atoms with E-state index in [-0.39, 0.29) is 41.8 Å². The number of nitrogens with one attached hydrogen (secondary N) is 3. The van der Waals surface area contributed by atoms with Gasteiger partial charge >= 0.3 is 0 Å². The molecule has 0 saturated heterocycles. The molecule has 1 saturated carbocycles. The molecule has 0 bridgehead atoms. The highest BCUT2D eigenvalue weighted by Crippen LogP contribution is 2.34. The van der Waals surface area contributed by atoms with E-state index < -0.39 is 11.7 Å². The molecule has 3 heterocycles. The zero-order valence-electron chi connectivity index (χ0n) is 19.4. The summed E-state index contributed by atoms with van der Waals surface area (Å²) >= 11 is 0. The Hall–Kier alpha value is -4.25. The van der Waals surface area contributed by atoms with Gasteiger partial charge in [-0.2, -0.15) is 0 Å². The summed E-state index contributed by atoms with van der Waals surface area (Å²) in [5.74, 6) is -1.05. The molecule has 3 aromatic rings. The second-order valence-electron chi connectivity index (χ2n) is 8.91. The number of anilines is 4. The molecule has 0 radical (unpaired) electrons. The molecule has 2 aromatic heterocycles. The lowest BCUT2D eigenvalue weighted by Gasteiger charge is -2.30. The van der Waals surface area contributed by atoms with E-state index in [9.17, 15) is 14.0 Å². The number of halogens is 1. The standard InChI is InChI=1S/C25H26FN7O3/c26-17-9-16(23(28)35)24(33-25(17)32-19-4-2-1-3-18(19)27)30-15-7-14(10-29-11-15)13-5-6-21-20(8-13)31-22(34)12-36-21/h5-11,18-19H,1-4,12,27H2,(H2,28,35)(H,31,34)(H2,30,32,33). The monoisotopic (exact) mass is 491 g/mol. The maximum Gasteiger partial charge on any atom is 0.262 e. The highest BCUT2D eigenvalue weighted by atomic mass is 19.1. The van der Waals surface area contributed by atoms with Gasteiger partial charge in [0.2, 0.25) is 0 Å². The Labute approximate surface area is 206 Å². The van der Waals surface area contributed by atoms with Crippen LogP contribution in [0.2, 0.25) is 0 Å². The topological polar surface area (TPSA) is 157 Å². The number of pyridine rings is 2. The molecule has 5 rings (SSSR count). The van der Waals surface area contributed by atoms with Gasteiger partial charge in [-0.3, -0.25) is 14.6 Å². The molecule has 186 valence electrons. The molecule has 2 unspecified atom stereocenters. The van der Waals surface area contributed by atoms with Gasteiger partial charge < -0.3 is 32.2 Å². The van der Waals surface area contributed by atoms with Crippen LogP contribution in [-0.4, -0.2) is 40.5 Å². The molecule has 2 atom stereocenters. The van der Waals surface area contributed by atoms with Crippen LogP contribution in [0, 0.1) is 5.82 Å². The summed E-state index contributed by atoms with van der Waals surface area (Å²) in [6.45, 7) is -0.0241. The number of benzene rings is 1. The number of fused-ring (bicyclic) bond motifs is 1. The molecule has 1 aromatic carbocycles. The fourth-order valence-electron chi connectivity index (χ4n) is 4.45.